The summed E-state index contributed by atoms with van der Waals surface area (Å²) in [5, 5.41) is 1.11. The summed E-state index contributed by atoms with van der Waals surface area (Å²) in [6.07, 6.45) is 3.23. The number of hydrogen-bond acceptors (Lipinski definition) is 3. The second-order valence-corrected chi connectivity index (χ2v) is 6.36. The Hall–Kier alpha value is -2.34. The molecule has 1 fully saturated rings. The van der Waals surface area contributed by atoms with Crippen LogP contribution in [0, 0.1) is 0 Å². The largest absolute Gasteiger partial charge is 0.361 e. The number of benzene rings is 1. The fraction of sp³-hybridized carbons (Fsp3) is 0.444. The molecule has 1 aromatic carbocycles. The van der Waals surface area contributed by atoms with Crippen LogP contribution in [-0.4, -0.2) is 58.8 Å². The van der Waals surface area contributed by atoms with E-state index in [0.29, 0.717) is 32.6 Å². The molecular weight excluding hydrogens is 304 g/mol. The van der Waals surface area contributed by atoms with Crippen LogP contribution < -0.4 is 5.73 Å². The van der Waals surface area contributed by atoms with Crippen molar-refractivity contribution in [3.63, 3.8) is 0 Å². The van der Waals surface area contributed by atoms with Crippen molar-refractivity contribution in [3.05, 3.63) is 36.0 Å². The number of hydrogen-bond donors (Lipinski definition) is 2. The van der Waals surface area contributed by atoms with Crippen LogP contribution in [0.2, 0.25) is 0 Å². The standard InChI is InChI=1S/C18H24N4O2/c1-13(23)21-7-4-8-22(10-9-21)18(24)16(19)11-14-12-20-17-6-3-2-5-15(14)17/h2-3,5-6,12,16,20H,4,7-11,19H2,1H3/t16-/m0/s1. The second-order valence-electron chi connectivity index (χ2n) is 6.36. The van der Waals surface area contributed by atoms with E-state index < -0.39 is 6.04 Å². The number of carbonyl (C=O) groups excluding carboxylic acids is 2. The van der Waals surface area contributed by atoms with Gasteiger partial charge in [-0.15, -0.1) is 0 Å². The molecule has 1 aromatic heterocycles. The lowest BCUT2D eigenvalue weighted by Gasteiger charge is -2.24. The lowest BCUT2D eigenvalue weighted by molar-refractivity contribution is -0.133. The highest BCUT2D eigenvalue weighted by Crippen LogP contribution is 2.19. The van der Waals surface area contributed by atoms with Crippen molar-refractivity contribution >= 4 is 22.7 Å². The highest BCUT2D eigenvalue weighted by molar-refractivity contribution is 5.86. The average Bonchev–Trinajstić information content (AvgIpc) is 2.82. The van der Waals surface area contributed by atoms with Gasteiger partial charge in [-0.25, -0.2) is 0 Å². The quantitative estimate of drug-likeness (QED) is 0.886. The maximum absolute atomic E-state index is 12.7. The molecule has 0 radical (unpaired) electrons. The van der Waals surface area contributed by atoms with E-state index in [1.165, 1.54) is 0 Å². The van der Waals surface area contributed by atoms with E-state index in [9.17, 15) is 9.59 Å². The number of rotatable bonds is 3. The Bertz CT molecular complexity index is 739. The van der Waals surface area contributed by atoms with Crippen LogP contribution in [0.3, 0.4) is 0 Å². The van der Waals surface area contributed by atoms with Gasteiger partial charge in [0.2, 0.25) is 11.8 Å². The van der Waals surface area contributed by atoms with Gasteiger partial charge in [0.05, 0.1) is 6.04 Å². The molecule has 1 atom stereocenters. The third-order valence-electron chi connectivity index (χ3n) is 4.68. The molecule has 6 heteroatoms. The van der Waals surface area contributed by atoms with Crippen LogP contribution in [0.5, 0.6) is 0 Å². The molecular formula is C18H24N4O2. The highest BCUT2D eigenvalue weighted by Gasteiger charge is 2.25. The van der Waals surface area contributed by atoms with E-state index in [-0.39, 0.29) is 11.8 Å². The number of amides is 2. The van der Waals surface area contributed by atoms with Crippen LogP contribution in [0.15, 0.2) is 30.5 Å². The Morgan fingerprint density at radius 2 is 1.88 bits per heavy atom. The van der Waals surface area contributed by atoms with E-state index in [0.717, 1.165) is 22.9 Å². The molecule has 2 heterocycles. The van der Waals surface area contributed by atoms with Crippen molar-refractivity contribution in [1.82, 2.24) is 14.8 Å². The minimum absolute atomic E-state index is 0.0364. The summed E-state index contributed by atoms with van der Waals surface area (Å²) in [4.78, 5) is 31.0. The Labute approximate surface area is 141 Å². The average molecular weight is 328 g/mol. The Kier molecular flexibility index (Phi) is 4.85. The fourth-order valence-corrected chi connectivity index (χ4v) is 3.31. The molecule has 24 heavy (non-hydrogen) atoms. The van der Waals surface area contributed by atoms with E-state index in [1.54, 1.807) is 16.7 Å². The predicted octanol–water partition coefficient (Wildman–Crippen LogP) is 1.12. The third-order valence-corrected chi connectivity index (χ3v) is 4.68. The van der Waals surface area contributed by atoms with Gasteiger partial charge in [-0.2, -0.15) is 0 Å². The van der Waals surface area contributed by atoms with Crippen molar-refractivity contribution in [2.75, 3.05) is 26.2 Å². The van der Waals surface area contributed by atoms with E-state index in [4.69, 9.17) is 5.73 Å². The minimum Gasteiger partial charge on any atom is -0.361 e. The van der Waals surface area contributed by atoms with Crippen LogP contribution >= 0.6 is 0 Å². The van der Waals surface area contributed by atoms with E-state index >= 15 is 0 Å². The molecule has 6 nitrogen and oxygen atoms in total. The van der Waals surface area contributed by atoms with E-state index in [2.05, 4.69) is 4.98 Å². The molecule has 1 saturated heterocycles. The molecule has 2 amide bonds. The van der Waals surface area contributed by atoms with Crippen LogP contribution in [0.1, 0.15) is 18.9 Å². The summed E-state index contributed by atoms with van der Waals surface area (Å²) in [5.74, 6) is 0.0260. The topological polar surface area (TPSA) is 82.4 Å². The first-order valence-corrected chi connectivity index (χ1v) is 8.41. The second kappa shape index (κ2) is 7.05. The molecule has 0 saturated carbocycles. The maximum atomic E-state index is 12.7. The number of fused-ring (bicyclic) bond motifs is 1. The number of carbonyl (C=O) groups is 2. The first-order chi connectivity index (χ1) is 11.6. The monoisotopic (exact) mass is 328 g/mol. The molecule has 3 N–H and O–H groups in total. The summed E-state index contributed by atoms with van der Waals surface area (Å²) in [5.41, 5.74) is 8.31. The van der Waals surface area contributed by atoms with Gasteiger partial charge in [-0.05, 0) is 24.5 Å². The van der Waals surface area contributed by atoms with Gasteiger partial charge < -0.3 is 20.5 Å². The zero-order valence-corrected chi connectivity index (χ0v) is 14.0. The zero-order valence-electron chi connectivity index (χ0n) is 14.0. The number of nitrogens with two attached hydrogens (primary N) is 1. The molecule has 0 spiro atoms. The van der Waals surface area contributed by atoms with Gasteiger partial charge in [0.25, 0.3) is 0 Å². The summed E-state index contributed by atoms with van der Waals surface area (Å²) in [6, 6.07) is 7.45. The van der Waals surface area contributed by atoms with Crippen molar-refractivity contribution in [3.8, 4) is 0 Å². The van der Waals surface area contributed by atoms with Gasteiger partial charge in [0, 0.05) is 50.2 Å². The minimum atomic E-state index is -0.562. The Morgan fingerprint density at radius 1 is 1.17 bits per heavy atom. The third kappa shape index (κ3) is 3.43. The fourth-order valence-electron chi connectivity index (χ4n) is 3.31. The first kappa shape index (κ1) is 16.5. The summed E-state index contributed by atoms with van der Waals surface area (Å²) in [6.45, 7) is 4.07. The molecule has 3 rings (SSSR count). The van der Waals surface area contributed by atoms with E-state index in [1.807, 2.05) is 30.5 Å². The molecule has 0 unspecified atom stereocenters. The van der Waals surface area contributed by atoms with Crippen molar-refractivity contribution in [1.29, 1.82) is 0 Å². The maximum Gasteiger partial charge on any atom is 0.239 e. The van der Waals surface area contributed by atoms with Crippen molar-refractivity contribution in [2.24, 2.45) is 5.73 Å². The summed E-state index contributed by atoms with van der Waals surface area (Å²) < 4.78 is 0. The Morgan fingerprint density at radius 3 is 2.67 bits per heavy atom. The molecule has 0 aliphatic carbocycles. The number of nitrogens with one attached hydrogen (secondary N) is 1. The molecule has 0 bridgehead atoms. The summed E-state index contributed by atoms with van der Waals surface area (Å²) in [7, 11) is 0. The Balaban J connectivity index is 1.65. The number of para-hydroxylation sites is 1. The highest BCUT2D eigenvalue weighted by atomic mass is 16.2. The van der Waals surface area contributed by atoms with Gasteiger partial charge >= 0.3 is 0 Å². The van der Waals surface area contributed by atoms with Gasteiger partial charge in [-0.3, -0.25) is 9.59 Å². The summed E-state index contributed by atoms with van der Waals surface area (Å²) >= 11 is 0. The van der Waals surface area contributed by atoms with Gasteiger partial charge in [0.15, 0.2) is 0 Å². The molecule has 128 valence electrons. The lowest BCUT2D eigenvalue weighted by Crippen LogP contribution is -2.46. The number of nitrogens with zero attached hydrogens (tertiary/aromatic N) is 2. The van der Waals surface area contributed by atoms with Crippen LogP contribution in [0.4, 0.5) is 0 Å². The molecule has 1 aliphatic rings. The first-order valence-electron chi connectivity index (χ1n) is 8.41. The van der Waals surface area contributed by atoms with Crippen molar-refractivity contribution < 1.29 is 9.59 Å². The van der Waals surface area contributed by atoms with Crippen LogP contribution in [-0.2, 0) is 16.0 Å². The lowest BCUT2D eigenvalue weighted by atomic mass is 10.0. The number of H-pyrrole nitrogens is 1. The zero-order chi connectivity index (χ0) is 17.1. The van der Waals surface area contributed by atoms with Gasteiger partial charge in [-0.1, -0.05) is 18.2 Å². The predicted molar refractivity (Wildman–Crippen MR) is 93.4 cm³/mol. The molecule has 2 aromatic rings. The van der Waals surface area contributed by atoms with Gasteiger partial charge in [0.1, 0.15) is 0 Å². The smallest absolute Gasteiger partial charge is 0.239 e. The molecule has 1 aliphatic heterocycles. The van der Waals surface area contributed by atoms with Crippen molar-refractivity contribution in [2.45, 2.75) is 25.8 Å². The normalized spacial score (nSPS) is 16.9. The number of aromatic nitrogens is 1. The van der Waals surface area contributed by atoms with Crippen LogP contribution in [0.25, 0.3) is 10.9 Å². The SMILES string of the molecule is CC(=O)N1CCCN(C(=O)[C@@H](N)Cc2c[nH]c3ccccc23)CC1. The number of aromatic amines is 1.